The maximum Gasteiger partial charge on any atom is 0.120 e. The van der Waals surface area contributed by atoms with Crippen molar-refractivity contribution in [2.24, 2.45) is 5.73 Å². The van der Waals surface area contributed by atoms with E-state index in [4.69, 9.17) is 5.73 Å². The lowest BCUT2D eigenvalue weighted by Crippen LogP contribution is -2.38. The second kappa shape index (κ2) is 3.86. The summed E-state index contributed by atoms with van der Waals surface area (Å²) in [5, 5.41) is 9.93. The fourth-order valence-corrected chi connectivity index (χ4v) is 2.51. The minimum absolute atomic E-state index is 0.296. The van der Waals surface area contributed by atoms with Gasteiger partial charge in [-0.25, -0.2) is 0 Å². The van der Waals surface area contributed by atoms with Crippen molar-refractivity contribution in [2.45, 2.75) is 44.6 Å². The van der Waals surface area contributed by atoms with Gasteiger partial charge < -0.3 is 10.8 Å². The first kappa shape index (κ1) is 10.5. The van der Waals surface area contributed by atoms with Gasteiger partial charge in [-0.05, 0) is 31.4 Å². The minimum atomic E-state index is -0.296. The second-order valence-corrected chi connectivity index (χ2v) is 4.74. The Balaban J connectivity index is 2.35. The first-order valence-electron chi connectivity index (χ1n) is 5.71. The molecule has 0 bridgehead atoms. The summed E-state index contributed by atoms with van der Waals surface area (Å²) in [4.78, 5) is 0. The summed E-state index contributed by atoms with van der Waals surface area (Å²) in [6.45, 7) is 1.98. The van der Waals surface area contributed by atoms with Crippen LogP contribution in [0.25, 0.3) is 0 Å². The lowest BCUT2D eigenvalue weighted by molar-refractivity contribution is 0.292. The van der Waals surface area contributed by atoms with Crippen LogP contribution in [0.2, 0.25) is 0 Å². The van der Waals surface area contributed by atoms with Crippen molar-refractivity contribution in [3.63, 3.8) is 0 Å². The minimum Gasteiger partial charge on any atom is -0.508 e. The van der Waals surface area contributed by atoms with E-state index in [-0.39, 0.29) is 5.54 Å². The van der Waals surface area contributed by atoms with Crippen molar-refractivity contribution >= 4 is 0 Å². The molecule has 0 heterocycles. The first-order valence-corrected chi connectivity index (χ1v) is 5.71. The molecule has 0 unspecified atom stereocenters. The maximum atomic E-state index is 9.93. The third kappa shape index (κ3) is 2.00. The Bertz CT molecular complexity index is 354. The van der Waals surface area contributed by atoms with Crippen LogP contribution in [0.1, 0.15) is 43.2 Å². The zero-order chi connectivity index (χ0) is 10.9. The number of rotatable bonds is 1. The van der Waals surface area contributed by atoms with E-state index < -0.39 is 0 Å². The number of phenols is 1. The van der Waals surface area contributed by atoms with Crippen LogP contribution in [0.3, 0.4) is 0 Å². The molecule has 0 aromatic heterocycles. The smallest absolute Gasteiger partial charge is 0.120 e. The average Bonchev–Trinajstić information content (AvgIpc) is 2.18. The van der Waals surface area contributed by atoms with Gasteiger partial charge in [0.1, 0.15) is 5.75 Å². The molecule has 2 nitrogen and oxygen atoms in total. The lowest BCUT2D eigenvalue weighted by atomic mass is 9.77. The molecule has 3 N–H and O–H groups in total. The van der Waals surface area contributed by atoms with Gasteiger partial charge >= 0.3 is 0 Å². The van der Waals surface area contributed by atoms with E-state index in [0.717, 1.165) is 24.0 Å². The van der Waals surface area contributed by atoms with Crippen molar-refractivity contribution in [3.8, 4) is 5.75 Å². The Hall–Kier alpha value is -1.02. The van der Waals surface area contributed by atoms with Crippen molar-refractivity contribution < 1.29 is 5.11 Å². The molecule has 0 amide bonds. The average molecular weight is 205 g/mol. The molecule has 15 heavy (non-hydrogen) atoms. The molecule has 1 aliphatic rings. The highest BCUT2D eigenvalue weighted by molar-refractivity contribution is 5.40. The van der Waals surface area contributed by atoms with E-state index in [1.807, 2.05) is 19.1 Å². The molecule has 2 heteroatoms. The Morgan fingerprint density at radius 1 is 1.20 bits per heavy atom. The van der Waals surface area contributed by atoms with E-state index in [0.29, 0.717) is 5.75 Å². The van der Waals surface area contributed by atoms with Crippen LogP contribution in [-0.2, 0) is 5.54 Å². The highest BCUT2D eigenvalue weighted by atomic mass is 16.3. The molecule has 82 valence electrons. The fraction of sp³-hybridized carbons (Fsp3) is 0.538. The van der Waals surface area contributed by atoms with Gasteiger partial charge in [0.15, 0.2) is 0 Å². The third-order valence-corrected chi connectivity index (χ3v) is 3.44. The van der Waals surface area contributed by atoms with Gasteiger partial charge in [-0.3, -0.25) is 0 Å². The van der Waals surface area contributed by atoms with E-state index in [1.165, 1.54) is 19.3 Å². The molecule has 1 fully saturated rings. The number of hydrogen-bond donors (Lipinski definition) is 2. The molecule has 0 spiro atoms. The van der Waals surface area contributed by atoms with E-state index in [9.17, 15) is 5.11 Å². The van der Waals surface area contributed by atoms with Crippen molar-refractivity contribution in [3.05, 3.63) is 29.3 Å². The molecule has 1 saturated carbocycles. The summed E-state index contributed by atoms with van der Waals surface area (Å²) in [6.07, 6.45) is 5.59. The van der Waals surface area contributed by atoms with Crippen molar-refractivity contribution in [1.82, 2.24) is 0 Å². The van der Waals surface area contributed by atoms with Crippen molar-refractivity contribution in [1.29, 1.82) is 0 Å². The molecule has 1 aromatic carbocycles. The van der Waals surface area contributed by atoms with E-state index in [2.05, 4.69) is 0 Å². The summed E-state index contributed by atoms with van der Waals surface area (Å²) in [5.41, 5.74) is 8.08. The number of aromatic hydroxyl groups is 1. The molecular formula is C13H19NO. The Morgan fingerprint density at radius 3 is 2.47 bits per heavy atom. The molecule has 1 aromatic rings. The standard InChI is InChI=1S/C13H19NO/c1-10-5-6-11(12(15)9-10)13(14)7-3-2-4-8-13/h5-6,9,15H,2-4,7-8,14H2,1H3. The van der Waals surface area contributed by atoms with Crippen LogP contribution in [0.5, 0.6) is 5.75 Å². The Morgan fingerprint density at radius 2 is 1.87 bits per heavy atom. The Kier molecular flexibility index (Phi) is 2.70. The summed E-state index contributed by atoms with van der Waals surface area (Å²) in [6, 6.07) is 5.81. The van der Waals surface area contributed by atoms with Crippen LogP contribution in [0, 0.1) is 6.92 Å². The normalized spacial score (nSPS) is 20.1. The van der Waals surface area contributed by atoms with Crippen LogP contribution in [0.4, 0.5) is 0 Å². The summed E-state index contributed by atoms with van der Waals surface area (Å²) < 4.78 is 0. The molecule has 1 aliphatic carbocycles. The predicted molar refractivity (Wildman–Crippen MR) is 61.8 cm³/mol. The second-order valence-electron chi connectivity index (χ2n) is 4.74. The highest BCUT2D eigenvalue weighted by Crippen LogP contribution is 2.38. The summed E-state index contributed by atoms with van der Waals surface area (Å²) in [7, 11) is 0. The molecule has 0 aliphatic heterocycles. The van der Waals surface area contributed by atoms with Gasteiger partial charge in [-0.15, -0.1) is 0 Å². The number of benzene rings is 1. The molecule has 0 atom stereocenters. The van der Waals surface area contributed by atoms with Gasteiger partial charge in [0, 0.05) is 11.1 Å². The largest absolute Gasteiger partial charge is 0.508 e. The van der Waals surface area contributed by atoms with Crippen LogP contribution < -0.4 is 5.73 Å². The van der Waals surface area contributed by atoms with Crippen LogP contribution in [0.15, 0.2) is 18.2 Å². The number of nitrogens with two attached hydrogens (primary N) is 1. The summed E-state index contributed by atoms with van der Waals surface area (Å²) in [5.74, 6) is 0.361. The maximum absolute atomic E-state index is 9.93. The third-order valence-electron chi connectivity index (χ3n) is 3.44. The van der Waals surface area contributed by atoms with Gasteiger partial charge in [-0.1, -0.05) is 31.4 Å². The summed E-state index contributed by atoms with van der Waals surface area (Å²) >= 11 is 0. The number of hydrogen-bond acceptors (Lipinski definition) is 2. The lowest BCUT2D eigenvalue weighted by Gasteiger charge is -2.34. The van der Waals surface area contributed by atoms with Gasteiger partial charge in [-0.2, -0.15) is 0 Å². The van der Waals surface area contributed by atoms with Gasteiger partial charge in [0.25, 0.3) is 0 Å². The predicted octanol–water partition coefficient (Wildman–Crippen LogP) is 2.82. The molecule has 2 rings (SSSR count). The molecular weight excluding hydrogens is 186 g/mol. The highest BCUT2D eigenvalue weighted by Gasteiger charge is 2.31. The number of phenolic OH excluding ortho intramolecular Hbond substituents is 1. The number of aryl methyl sites for hydroxylation is 1. The van der Waals surface area contributed by atoms with Gasteiger partial charge in [0.05, 0.1) is 0 Å². The quantitative estimate of drug-likeness (QED) is 0.740. The monoisotopic (exact) mass is 205 g/mol. The molecule has 0 saturated heterocycles. The first-order chi connectivity index (χ1) is 7.12. The Labute approximate surface area is 91.1 Å². The van der Waals surface area contributed by atoms with E-state index >= 15 is 0 Å². The van der Waals surface area contributed by atoms with Crippen LogP contribution in [-0.4, -0.2) is 5.11 Å². The zero-order valence-electron chi connectivity index (χ0n) is 9.29. The van der Waals surface area contributed by atoms with Gasteiger partial charge in [0.2, 0.25) is 0 Å². The molecule has 0 radical (unpaired) electrons. The van der Waals surface area contributed by atoms with Crippen LogP contribution >= 0.6 is 0 Å². The fourth-order valence-electron chi connectivity index (χ4n) is 2.51. The zero-order valence-corrected chi connectivity index (χ0v) is 9.29. The SMILES string of the molecule is Cc1ccc(C2(N)CCCCC2)c(O)c1. The van der Waals surface area contributed by atoms with E-state index in [1.54, 1.807) is 6.07 Å². The topological polar surface area (TPSA) is 46.2 Å². The van der Waals surface area contributed by atoms with Crippen molar-refractivity contribution in [2.75, 3.05) is 0 Å².